The quantitative estimate of drug-likeness (QED) is 0.774. The number of hydrogen-bond donors (Lipinski definition) is 2. The molecule has 142 valence electrons. The van der Waals surface area contributed by atoms with Crippen LogP contribution in [0.1, 0.15) is 50.2 Å². The lowest BCUT2D eigenvalue weighted by molar-refractivity contribution is -0.137. The van der Waals surface area contributed by atoms with Gasteiger partial charge in [0, 0.05) is 12.2 Å². The van der Waals surface area contributed by atoms with E-state index in [-0.39, 0.29) is 30.7 Å². The molecule has 1 aromatic rings. The average Bonchev–Trinajstić information content (AvgIpc) is 3.04. The fourth-order valence-electron chi connectivity index (χ4n) is 2.87. The standard InChI is InChI=1S/C17H23F3N2O2.ClH/c1-2-15(24-14-5-3-4-6-14)16(23)22-13-8-11(10-21)7-12(9-13)17(18,19)20;/h7-9,14-15H,2-6,10,21H2,1H3,(H,22,23);1H. The van der Waals surface area contributed by atoms with Crippen LogP contribution in [0.15, 0.2) is 18.2 Å². The summed E-state index contributed by atoms with van der Waals surface area (Å²) in [7, 11) is 0. The van der Waals surface area contributed by atoms with Crippen LogP contribution in [-0.2, 0) is 22.3 Å². The Morgan fingerprint density at radius 3 is 2.48 bits per heavy atom. The number of alkyl halides is 3. The van der Waals surface area contributed by atoms with Gasteiger partial charge in [0.05, 0.1) is 11.7 Å². The molecular weight excluding hydrogens is 357 g/mol. The summed E-state index contributed by atoms with van der Waals surface area (Å²) in [5, 5.41) is 2.53. The molecule has 8 heteroatoms. The minimum Gasteiger partial charge on any atom is -0.365 e. The smallest absolute Gasteiger partial charge is 0.365 e. The van der Waals surface area contributed by atoms with Crippen LogP contribution in [0, 0.1) is 0 Å². The van der Waals surface area contributed by atoms with Crippen molar-refractivity contribution in [2.45, 2.75) is 64.0 Å². The van der Waals surface area contributed by atoms with E-state index < -0.39 is 23.8 Å². The van der Waals surface area contributed by atoms with E-state index in [9.17, 15) is 18.0 Å². The molecule has 0 aliphatic heterocycles. The van der Waals surface area contributed by atoms with Crippen LogP contribution in [0.4, 0.5) is 18.9 Å². The molecule has 0 saturated heterocycles. The van der Waals surface area contributed by atoms with Gasteiger partial charge in [0.2, 0.25) is 0 Å². The Bertz CT molecular complexity index is 576. The first-order chi connectivity index (χ1) is 11.3. The molecule has 1 aliphatic carbocycles. The zero-order chi connectivity index (χ0) is 17.7. The second-order valence-electron chi connectivity index (χ2n) is 6.05. The van der Waals surface area contributed by atoms with Crippen molar-refractivity contribution in [2.75, 3.05) is 5.32 Å². The van der Waals surface area contributed by atoms with Crippen molar-refractivity contribution in [3.63, 3.8) is 0 Å². The average molecular weight is 381 g/mol. The maximum atomic E-state index is 12.9. The van der Waals surface area contributed by atoms with E-state index in [0.29, 0.717) is 12.0 Å². The Hall–Kier alpha value is -1.31. The highest BCUT2D eigenvalue weighted by molar-refractivity contribution is 5.94. The number of ether oxygens (including phenoxy) is 1. The van der Waals surface area contributed by atoms with Crippen molar-refractivity contribution in [1.82, 2.24) is 0 Å². The number of rotatable bonds is 6. The molecule has 1 amide bonds. The largest absolute Gasteiger partial charge is 0.416 e. The summed E-state index contributed by atoms with van der Waals surface area (Å²) in [5.74, 6) is -0.424. The number of carbonyl (C=O) groups excluding carboxylic acids is 1. The van der Waals surface area contributed by atoms with Gasteiger partial charge in [0.1, 0.15) is 6.10 Å². The fraction of sp³-hybridized carbons (Fsp3) is 0.588. The van der Waals surface area contributed by atoms with Gasteiger partial charge in [-0.1, -0.05) is 19.8 Å². The van der Waals surface area contributed by atoms with Crippen molar-refractivity contribution in [3.8, 4) is 0 Å². The predicted octanol–water partition coefficient (Wildman–Crippen LogP) is 4.26. The molecule has 2 rings (SSSR count). The molecule has 0 heterocycles. The summed E-state index contributed by atoms with van der Waals surface area (Å²) < 4.78 is 44.6. The van der Waals surface area contributed by atoms with Crippen LogP contribution in [0.25, 0.3) is 0 Å². The Morgan fingerprint density at radius 2 is 1.96 bits per heavy atom. The first-order valence-corrected chi connectivity index (χ1v) is 8.21. The number of nitrogens with two attached hydrogens (primary N) is 1. The summed E-state index contributed by atoms with van der Waals surface area (Å²) in [6.07, 6.45) is -0.632. The van der Waals surface area contributed by atoms with Gasteiger partial charge in [-0.15, -0.1) is 12.4 Å². The van der Waals surface area contributed by atoms with E-state index >= 15 is 0 Å². The fourth-order valence-corrected chi connectivity index (χ4v) is 2.87. The van der Waals surface area contributed by atoms with Crippen molar-refractivity contribution in [1.29, 1.82) is 0 Å². The Balaban J connectivity index is 0.00000312. The summed E-state index contributed by atoms with van der Waals surface area (Å²) in [4.78, 5) is 12.3. The van der Waals surface area contributed by atoms with Crippen molar-refractivity contribution >= 4 is 24.0 Å². The highest BCUT2D eigenvalue weighted by Crippen LogP contribution is 2.32. The Kier molecular flexibility index (Phi) is 8.18. The van der Waals surface area contributed by atoms with Gasteiger partial charge in [-0.05, 0) is 43.0 Å². The molecule has 0 spiro atoms. The summed E-state index contributed by atoms with van der Waals surface area (Å²) >= 11 is 0. The molecule has 1 atom stereocenters. The maximum absolute atomic E-state index is 12.9. The predicted molar refractivity (Wildman–Crippen MR) is 92.6 cm³/mol. The van der Waals surface area contributed by atoms with E-state index in [1.807, 2.05) is 6.92 Å². The molecule has 1 aliphatic rings. The van der Waals surface area contributed by atoms with Crippen LogP contribution in [0.2, 0.25) is 0 Å². The molecule has 1 saturated carbocycles. The van der Waals surface area contributed by atoms with Gasteiger partial charge in [0.15, 0.2) is 0 Å². The Labute approximate surface area is 151 Å². The minimum atomic E-state index is -4.49. The number of halogens is 4. The molecule has 0 radical (unpaired) electrons. The number of anilines is 1. The summed E-state index contributed by atoms with van der Waals surface area (Å²) in [6.45, 7) is 1.78. The number of nitrogens with one attached hydrogen (secondary N) is 1. The second kappa shape index (κ2) is 9.40. The van der Waals surface area contributed by atoms with Crippen molar-refractivity contribution in [3.05, 3.63) is 29.3 Å². The van der Waals surface area contributed by atoms with Gasteiger partial charge in [-0.2, -0.15) is 13.2 Å². The third-order valence-electron chi connectivity index (χ3n) is 4.15. The van der Waals surface area contributed by atoms with E-state index in [2.05, 4.69) is 5.32 Å². The lowest BCUT2D eigenvalue weighted by atomic mass is 10.1. The van der Waals surface area contributed by atoms with Crippen molar-refractivity contribution in [2.24, 2.45) is 5.73 Å². The lowest BCUT2D eigenvalue weighted by Crippen LogP contribution is -2.33. The molecule has 1 fully saturated rings. The molecule has 1 unspecified atom stereocenters. The number of benzene rings is 1. The van der Waals surface area contributed by atoms with Crippen LogP contribution < -0.4 is 11.1 Å². The molecule has 1 aromatic carbocycles. The minimum absolute atomic E-state index is 0. The SMILES string of the molecule is CCC(OC1CCCC1)C(=O)Nc1cc(CN)cc(C(F)(F)F)c1.Cl. The Morgan fingerprint density at radius 1 is 1.32 bits per heavy atom. The molecule has 4 nitrogen and oxygen atoms in total. The monoisotopic (exact) mass is 380 g/mol. The van der Waals surface area contributed by atoms with Crippen LogP contribution >= 0.6 is 12.4 Å². The highest BCUT2D eigenvalue weighted by atomic mass is 35.5. The van der Waals surface area contributed by atoms with Gasteiger partial charge in [-0.25, -0.2) is 0 Å². The molecule has 25 heavy (non-hydrogen) atoms. The maximum Gasteiger partial charge on any atom is 0.416 e. The van der Waals surface area contributed by atoms with E-state index in [4.69, 9.17) is 10.5 Å². The first-order valence-electron chi connectivity index (χ1n) is 8.21. The molecule has 0 aromatic heterocycles. The van der Waals surface area contributed by atoms with E-state index in [0.717, 1.165) is 37.8 Å². The third kappa shape index (κ3) is 6.17. The van der Waals surface area contributed by atoms with E-state index in [1.54, 1.807) is 0 Å². The lowest BCUT2D eigenvalue weighted by Gasteiger charge is -2.21. The molecule has 3 N–H and O–H groups in total. The normalized spacial score (nSPS) is 16.4. The number of amides is 1. The third-order valence-corrected chi connectivity index (χ3v) is 4.15. The summed E-state index contributed by atoms with van der Waals surface area (Å²) in [6, 6.07) is 3.36. The van der Waals surface area contributed by atoms with Gasteiger partial charge in [0.25, 0.3) is 5.91 Å². The van der Waals surface area contributed by atoms with Crippen LogP contribution in [0.3, 0.4) is 0 Å². The van der Waals surface area contributed by atoms with Gasteiger partial charge in [-0.3, -0.25) is 4.79 Å². The molecular formula is C17H24ClF3N2O2. The van der Waals surface area contributed by atoms with Crippen LogP contribution in [-0.4, -0.2) is 18.1 Å². The number of hydrogen-bond acceptors (Lipinski definition) is 3. The van der Waals surface area contributed by atoms with Gasteiger partial charge >= 0.3 is 6.18 Å². The number of carbonyl (C=O) groups is 1. The van der Waals surface area contributed by atoms with Crippen molar-refractivity contribution < 1.29 is 22.7 Å². The second-order valence-corrected chi connectivity index (χ2v) is 6.05. The first kappa shape index (κ1) is 21.7. The van der Waals surface area contributed by atoms with E-state index in [1.165, 1.54) is 6.07 Å². The highest BCUT2D eigenvalue weighted by Gasteiger charge is 2.31. The molecule has 0 bridgehead atoms. The zero-order valence-corrected chi connectivity index (χ0v) is 14.9. The summed E-state index contributed by atoms with van der Waals surface area (Å²) in [5.41, 5.74) is 5.02. The van der Waals surface area contributed by atoms with Gasteiger partial charge < -0.3 is 15.8 Å². The van der Waals surface area contributed by atoms with Crippen LogP contribution in [0.5, 0.6) is 0 Å². The zero-order valence-electron chi connectivity index (χ0n) is 14.1. The topological polar surface area (TPSA) is 64.3 Å².